The van der Waals surface area contributed by atoms with E-state index in [1.54, 1.807) is 19.1 Å². The number of amides is 2. The van der Waals surface area contributed by atoms with E-state index >= 15 is 0 Å². The lowest BCUT2D eigenvalue weighted by molar-refractivity contribution is -0.142. The fourth-order valence-electron chi connectivity index (χ4n) is 4.22. The molecule has 3 rings (SSSR count). The molecule has 2 aromatic carbocycles. The summed E-state index contributed by atoms with van der Waals surface area (Å²) in [4.78, 5) is 27.7. The van der Waals surface area contributed by atoms with Crippen molar-refractivity contribution in [1.82, 2.24) is 10.2 Å². The molecule has 1 saturated carbocycles. The van der Waals surface area contributed by atoms with E-state index in [1.807, 2.05) is 24.3 Å². The van der Waals surface area contributed by atoms with Crippen molar-refractivity contribution < 1.29 is 18.7 Å². The van der Waals surface area contributed by atoms with Crippen LogP contribution >= 0.6 is 0 Å². The number of ether oxygens (including phenoxy) is 1. The van der Waals surface area contributed by atoms with Crippen molar-refractivity contribution in [1.29, 1.82) is 0 Å². The molecular weight excluding hydrogens is 431 g/mol. The SMILES string of the molecule is C[C@H](C(=O)NC1CCCCC1)N(Cc1ccc(F)cc1)C(=O)COc1ccc(C(C)(C)C)cc1. The third-order valence-electron chi connectivity index (χ3n) is 6.47. The molecule has 1 fully saturated rings. The smallest absolute Gasteiger partial charge is 0.261 e. The predicted molar refractivity (Wildman–Crippen MR) is 132 cm³/mol. The summed E-state index contributed by atoms with van der Waals surface area (Å²) in [5.41, 5.74) is 1.96. The van der Waals surface area contributed by atoms with Crippen LogP contribution in [-0.4, -0.2) is 35.4 Å². The minimum atomic E-state index is -0.675. The zero-order valence-corrected chi connectivity index (χ0v) is 20.8. The molecule has 0 heterocycles. The molecule has 5 nitrogen and oxygen atoms in total. The molecule has 0 aromatic heterocycles. The quantitative estimate of drug-likeness (QED) is 0.567. The van der Waals surface area contributed by atoms with Crippen LogP contribution in [0.5, 0.6) is 5.75 Å². The van der Waals surface area contributed by atoms with Crippen molar-refractivity contribution in [2.75, 3.05) is 6.61 Å². The van der Waals surface area contributed by atoms with Crippen LogP contribution in [-0.2, 0) is 21.5 Å². The van der Waals surface area contributed by atoms with Gasteiger partial charge in [-0.15, -0.1) is 0 Å². The molecule has 2 aromatic rings. The van der Waals surface area contributed by atoms with E-state index in [1.165, 1.54) is 29.0 Å². The van der Waals surface area contributed by atoms with Gasteiger partial charge in [0, 0.05) is 12.6 Å². The van der Waals surface area contributed by atoms with Gasteiger partial charge in [0.25, 0.3) is 5.91 Å². The van der Waals surface area contributed by atoms with Crippen molar-refractivity contribution in [3.05, 3.63) is 65.5 Å². The second kappa shape index (κ2) is 11.5. The second-order valence-electron chi connectivity index (χ2n) is 10.2. The van der Waals surface area contributed by atoms with E-state index in [-0.39, 0.29) is 42.2 Å². The van der Waals surface area contributed by atoms with Gasteiger partial charge in [-0.2, -0.15) is 0 Å². The monoisotopic (exact) mass is 468 g/mol. The number of carbonyl (C=O) groups is 2. The zero-order chi connectivity index (χ0) is 24.7. The van der Waals surface area contributed by atoms with Gasteiger partial charge in [0.1, 0.15) is 17.6 Å². The second-order valence-corrected chi connectivity index (χ2v) is 10.2. The summed E-state index contributed by atoms with van der Waals surface area (Å²) in [6, 6.07) is 13.2. The van der Waals surface area contributed by atoms with Crippen LogP contribution in [0.4, 0.5) is 4.39 Å². The van der Waals surface area contributed by atoms with Crippen LogP contribution in [0.1, 0.15) is 70.9 Å². The molecule has 0 radical (unpaired) electrons. The number of benzene rings is 2. The largest absolute Gasteiger partial charge is 0.484 e. The van der Waals surface area contributed by atoms with Gasteiger partial charge >= 0.3 is 0 Å². The highest BCUT2D eigenvalue weighted by molar-refractivity contribution is 5.88. The molecule has 0 spiro atoms. The Bertz CT molecular complexity index is 945. The fraction of sp³-hybridized carbons (Fsp3) is 0.500. The average Bonchev–Trinajstić information content (AvgIpc) is 2.82. The van der Waals surface area contributed by atoms with Gasteiger partial charge < -0.3 is 15.0 Å². The van der Waals surface area contributed by atoms with Crippen molar-refractivity contribution in [2.45, 2.75) is 83.8 Å². The van der Waals surface area contributed by atoms with Gasteiger partial charge in [-0.1, -0.05) is 64.3 Å². The third-order valence-corrected chi connectivity index (χ3v) is 6.47. The Morgan fingerprint density at radius 2 is 1.65 bits per heavy atom. The first kappa shape index (κ1) is 25.7. The Labute approximate surface area is 202 Å². The van der Waals surface area contributed by atoms with Gasteiger partial charge in [0.05, 0.1) is 0 Å². The minimum Gasteiger partial charge on any atom is -0.484 e. The number of nitrogens with zero attached hydrogens (tertiary/aromatic N) is 1. The molecule has 1 aliphatic rings. The number of nitrogens with one attached hydrogen (secondary N) is 1. The van der Waals surface area contributed by atoms with Crippen LogP contribution in [0.3, 0.4) is 0 Å². The number of hydrogen-bond donors (Lipinski definition) is 1. The minimum absolute atomic E-state index is 0.0292. The van der Waals surface area contributed by atoms with E-state index in [0.29, 0.717) is 5.75 Å². The van der Waals surface area contributed by atoms with Gasteiger partial charge in [0.15, 0.2) is 6.61 Å². The molecule has 0 unspecified atom stereocenters. The van der Waals surface area contributed by atoms with E-state index < -0.39 is 6.04 Å². The first-order valence-electron chi connectivity index (χ1n) is 12.2. The van der Waals surface area contributed by atoms with Crippen LogP contribution < -0.4 is 10.1 Å². The number of hydrogen-bond acceptors (Lipinski definition) is 3. The van der Waals surface area contributed by atoms with E-state index in [9.17, 15) is 14.0 Å². The van der Waals surface area contributed by atoms with Crippen LogP contribution in [0.25, 0.3) is 0 Å². The van der Waals surface area contributed by atoms with Crippen LogP contribution in [0.2, 0.25) is 0 Å². The Morgan fingerprint density at radius 3 is 2.24 bits per heavy atom. The van der Waals surface area contributed by atoms with Gasteiger partial charge in [-0.25, -0.2) is 4.39 Å². The van der Waals surface area contributed by atoms with E-state index in [4.69, 9.17) is 4.74 Å². The number of rotatable bonds is 8. The van der Waals surface area contributed by atoms with Gasteiger partial charge in [-0.3, -0.25) is 9.59 Å². The van der Waals surface area contributed by atoms with Gasteiger partial charge in [-0.05, 0) is 60.6 Å². The van der Waals surface area contributed by atoms with Crippen molar-refractivity contribution >= 4 is 11.8 Å². The van der Waals surface area contributed by atoms with Crippen molar-refractivity contribution in [2.24, 2.45) is 0 Å². The summed E-state index contributed by atoms with van der Waals surface area (Å²) in [5, 5.41) is 3.11. The average molecular weight is 469 g/mol. The van der Waals surface area contributed by atoms with Crippen LogP contribution in [0.15, 0.2) is 48.5 Å². The Kier molecular flexibility index (Phi) is 8.70. The maximum atomic E-state index is 13.4. The molecule has 184 valence electrons. The Balaban J connectivity index is 1.69. The molecule has 0 saturated heterocycles. The lowest BCUT2D eigenvalue weighted by Crippen LogP contribution is -2.51. The highest BCUT2D eigenvalue weighted by atomic mass is 19.1. The molecule has 1 N–H and O–H groups in total. The first-order valence-corrected chi connectivity index (χ1v) is 12.2. The van der Waals surface area contributed by atoms with E-state index in [2.05, 4.69) is 26.1 Å². The first-order chi connectivity index (χ1) is 16.1. The van der Waals surface area contributed by atoms with Crippen molar-refractivity contribution in [3.8, 4) is 5.75 Å². The third kappa shape index (κ3) is 7.31. The number of halogens is 1. The topological polar surface area (TPSA) is 58.6 Å². The highest BCUT2D eigenvalue weighted by Crippen LogP contribution is 2.24. The zero-order valence-electron chi connectivity index (χ0n) is 20.8. The van der Waals surface area contributed by atoms with Crippen molar-refractivity contribution in [3.63, 3.8) is 0 Å². The van der Waals surface area contributed by atoms with E-state index in [0.717, 1.165) is 31.2 Å². The Hall–Kier alpha value is -2.89. The molecule has 6 heteroatoms. The summed E-state index contributed by atoms with van der Waals surface area (Å²) in [7, 11) is 0. The molecule has 0 aliphatic heterocycles. The molecule has 34 heavy (non-hydrogen) atoms. The molecule has 2 amide bonds. The maximum Gasteiger partial charge on any atom is 0.261 e. The normalized spacial score (nSPS) is 15.4. The summed E-state index contributed by atoms with van der Waals surface area (Å²) < 4.78 is 19.1. The molecule has 1 aliphatic carbocycles. The Morgan fingerprint density at radius 1 is 1.03 bits per heavy atom. The lowest BCUT2D eigenvalue weighted by atomic mass is 9.87. The van der Waals surface area contributed by atoms with Gasteiger partial charge in [0.2, 0.25) is 5.91 Å². The number of carbonyl (C=O) groups excluding carboxylic acids is 2. The summed E-state index contributed by atoms with van der Waals surface area (Å²) in [5.74, 6) is -0.207. The summed E-state index contributed by atoms with van der Waals surface area (Å²) >= 11 is 0. The predicted octanol–water partition coefficient (Wildman–Crippen LogP) is 5.37. The summed E-state index contributed by atoms with van der Waals surface area (Å²) in [6.07, 6.45) is 5.36. The lowest BCUT2D eigenvalue weighted by Gasteiger charge is -2.31. The molecular formula is C28H37FN2O3. The molecule has 0 bridgehead atoms. The summed E-state index contributed by atoms with van der Waals surface area (Å²) in [6.45, 7) is 8.16. The standard InChI is InChI=1S/C28H37FN2O3/c1-20(27(33)30-24-8-6-5-7-9-24)31(18-21-10-14-23(29)15-11-21)26(32)19-34-25-16-12-22(13-17-25)28(2,3)4/h10-17,20,24H,5-9,18-19H2,1-4H3,(H,30,33)/t20-/m1/s1. The fourth-order valence-corrected chi connectivity index (χ4v) is 4.22. The highest BCUT2D eigenvalue weighted by Gasteiger charge is 2.28. The van der Waals surface area contributed by atoms with Crippen LogP contribution in [0, 0.1) is 5.82 Å². The molecule has 1 atom stereocenters. The maximum absolute atomic E-state index is 13.4.